The van der Waals surface area contributed by atoms with Gasteiger partial charge in [-0.15, -0.1) is 0 Å². The summed E-state index contributed by atoms with van der Waals surface area (Å²) in [5, 5.41) is 4.94. The van der Waals surface area contributed by atoms with E-state index < -0.39 is 10.0 Å². The first-order valence-corrected chi connectivity index (χ1v) is 8.72. The second kappa shape index (κ2) is 5.93. The summed E-state index contributed by atoms with van der Waals surface area (Å²) in [6.07, 6.45) is 1.83. The van der Waals surface area contributed by atoms with Crippen molar-refractivity contribution < 1.29 is 17.9 Å². The Morgan fingerprint density at radius 2 is 2.05 bits per heavy atom. The lowest BCUT2D eigenvalue weighted by Gasteiger charge is -2.20. The number of rotatable bonds is 4. The Morgan fingerprint density at radius 3 is 2.57 bits per heavy atom. The first kappa shape index (κ1) is 16.8. The summed E-state index contributed by atoms with van der Waals surface area (Å²) in [5.41, 5.74) is -0.146. The maximum absolute atomic E-state index is 11.3. The maximum atomic E-state index is 11.3. The zero-order valence-electron chi connectivity index (χ0n) is 11.7. The maximum Gasteiger partial charge on any atom is 0.239 e. The first-order valence-electron chi connectivity index (χ1n) is 6.41. The third kappa shape index (κ3) is 4.02. The molecule has 2 N–H and O–H groups in total. The minimum Gasteiger partial charge on any atom is -0.489 e. The normalized spacial score (nSPS) is 21.5. The van der Waals surface area contributed by atoms with E-state index in [0.717, 1.165) is 12.8 Å². The van der Waals surface area contributed by atoms with Crippen LogP contribution in [-0.4, -0.2) is 26.7 Å². The zero-order chi connectivity index (χ0) is 15.8. The van der Waals surface area contributed by atoms with Crippen LogP contribution in [0.2, 0.25) is 10.0 Å². The molecule has 0 spiro atoms. The van der Waals surface area contributed by atoms with Gasteiger partial charge in [0.25, 0.3) is 0 Å². The third-order valence-corrected chi connectivity index (χ3v) is 5.23. The highest BCUT2D eigenvalue weighted by Gasteiger charge is 2.32. The SMILES string of the molecule is CC1(C)CCC(COc2ccc(S(N)(=O)=O)c(Cl)c2Cl)O1. The molecule has 0 aromatic heterocycles. The molecular formula is C13H17Cl2NO4S. The smallest absolute Gasteiger partial charge is 0.239 e. The van der Waals surface area contributed by atoms with Crippen molar-refractivity contribution in [3.63, 3.8) is 0 Å². The van der Waals surface area contributed by atoms with Gasteiger partial charge in [0.15, 0.2) is 0 Å². The van der Waals surface area contributed by atoms with Crippen LogP contribution in [0, 0.1) is 0 Å². The molecule has 0 amide bonds. The standard InChI is InChI=1S/C13H17Cl2NO4S/c1-13(2)6-5-8(20-13)7-19-9-3-4-10(21(16,17)18)12(15)11(9)14/h3-4,8H,5-7H2,1-2H3,(H2,16,17,18). The third-order valence-electron chi connectivity index (χ3n) is 3.30. The molecule has 1 atom stereocenters. The molecule has 1 saturated heterocycles. The van der Waals surface area contributed by atoms with Gasteiger partial charge in [-0.3, -0.25) is 0 Å². The molecule has 0 bridgehead atoms. The Balaban J connectivity index is 2.10. The summed E-state index contributed by atoms with van der Waals surface area (Å²) >= 11 is 11.9. The van der Waals surface area contributed by atoms with E-state index in [2.05, 4.69) is 0 Å². The Labute approximate surface area is 134 Å². The lowest BCUT2D eigenvalue weighted by atomic mass is 10.1. The summed E-state index contributed by atoms with van der Waals surface area (Å²) in [6.45, 7) is 4.38. The average Bonchev–Trinajstić information content (AvgIpc) is 2.69. The number of halogens is 2. The summed E-state index contributed by atoms with van der Waals surface area (Å²) in [6, 6.07) is 2.71. The largest absolute Gasteiger partial charge is 0.489 e. The molecule has 1 heterocycles. The minimum atomic E-state index is -3.92. The Morgan fingerprint density at radius 1 is 1.38 bits per heavy atom. The van der Waals surface area contributed by atoms with Gasteiger partial charge in [0, 0.05) is 0 Å². The number of nitrogens with two attached hydrogens (primary N) is 1. The van der Waals surface area contributed by atoms with Crippen LogP contribution >= 0.6 is 23.2 Å². The molecule has 0 aliphatic carbocycles. The van der Waals surface area contributed by atoms with Crippen molar-refractivity contribution in [3.8, 4) is 5.75 Å². The molecule has 0 saturated carbocycles. The molecule has 5 nitrogen and oxygen atoms in total. The highest BCUT2D eigenvalue weighted by Crippen LogP contribution is 2.37. The van der Waals surface area contributed by atoms with Gasteiger partial charge in [0.2, 0.25) is 10.0 Å². The van der Waals surface area contributed by atoms with E-state index in [9.17, 15) is 8.42 Å². The van der Waals surface area contributed by atoms with Crippen LogP contribution in [0.1, 0.15) is 26.7 Å². The Bertz CT molecular complexity index is 646. The molecule has 1 unspecified atom stereocenters. The van der Waals surface area contributed by atoms with Crippen LogP contribution in [-0.2, 0) is 14.8 Å². The van der Waals surface area contributed by atoms with Crippen LogP contribution in [0.5, 0.6) is 5.75 Å². The molecule has 1 fully saturated rings. The molecule has 8 heteroatoms. The van der Waals surface area contributed by atoms with Gasteiger partial charge in [-0.2, -0.15) is 0 Å². The molecule has 21 heavy (non-hydrogen) atoms. The fourth-order valence-corrected chi connectivity index (χ4v) is 3.59. The van der Waals surface area contributed by atoms with Gasteiger partial charge in [-0.1, -0.05) is 23.2 Å². The lowest BCUT2D eigenvalue weighted by Crippen LogP contribution is -2.24. The van der Waals surface area contributed by atoms with E-state index in [1.54, 1.807) is 0 Å². The Hall–Kier alpha value is -0.530. The molecule has 2 rings (SSSR count). The Kier molecular flexibility index (Phi) is 4.75. The van der Waals surface area contributed by atoms with E-state index in [1.165, 1.54) is 12.1 Å². The molecule has 1 aromatic carbocycles. The van der Waals surface area contributed by atoms with Gasteiger partial charge in [-0.25, -0.2) is 13.6 Å². The van der Waals surface area contributed by atoms with E-state index in [-0.39, 0.29) is 26.6 Å². The highest BCUT2D eigenvalue weighted by molar-refractivity contribution is 7.89. The average molecular weight is 354 g/mol. The minimum absolute atomic E-state index is 0.0206. The van der Waals surface area contributed by atoms with Crippen molar-refractivity contribution in [2.24, 2.45) is 5.14 Å². The van der Waals surface area contributed by atoms with Gasteiger partial charge in [-0.05, 0) is 38.8 Å². The van der Waals surface area contributed by atoms with Crippen LogP contribution in [0.15, 0.2) is 17.0 Å². The van der Waals surface area contributed by atoms with Crippen molar-refractivity contribution >= 4 is 33.2 Å². The highest BCUT2D eigenvalue weighted by atomic mass is 35.5. The summed E-state index contributed by atoms with van der Waals surface area (Å²) in [7, 11) is -3.92. The molecule has 1 aromatic rings. The monoisotopic (exact) mass is 353 g/mol. The second-order valence-corrected chi connectivity index (χ2v) is 7.87. The van der Waals surface area contributed by atoms with Crippen LogP contribution < -0.4 is 9.88 Å². The molecule has 1 aliphatic rings. The number of primary sulfonamides is 1. The van der Waals surface area contributed by atoms with Gasteiger partial charge in [0.05, 0.1) is 16.7 Å². The van der Waals surface area contributed by atoms with Crippen molar-refractivity contribution in [3.05, 3.63) is 22.2 Å². The van der Waals surface area contributed by atoms with Crippen molar-refractivity contribution in [2.75, 3.05) is 6.61 Å². The quantitative estimate of drug-likeness (QED) is 0.902. The van der Waals surface area contributed by atoms with Gasteiger partial charge < -0.3 is 9.47 Å². The number of ether oxygens (including phenoxy) is 2. The van der Waals surface area contributed by atoms with Crippen molar-refractivity contribution in [1.82, 2.24) is 0 Å². The van der Waals surface area contributed by atoms with E-state index >= 15 is 0 Å². The number of hydrogen-bond acceptors (Lipinski definition) is 4. The molecular weight excluding hydrogens is 337 g/mol. The van der Waals surface area contributed by atoms with E-state index in [1.807, 2.05) is 13.8 Å². The summed E-state index contributed by atoms with van der Waals surface area (Å²) in [4.78, 5) is -0.222. The number of benzene rings is 1. The van der Waals surface area contributed by atoms with Crippen LogP contribution in [0.4, 0.5) is 0 Å². The van der Waals surface area contributed by atoms with Gasteiger partial charge in [0.1, 0.15) is 22.3 Å². The topological polar surface area (TPSA) is 78.6 Å². The second-order valence-electron chi connectivity index (χ2n) is 5.58. The number of hydrogen-bond donors (Lipinski definition) is 1. The van der Waals surface area contributed by atoms with Crippen LogP contribution in [0.25, 0.3) is 0 Å². The van der Waals surface area contributed by atoms with Crippen molar-refractivity contribution in [1.29, 1.82) is 0 Å². The fourth-order valence-electron chi connectivity index (χ4n) is 2.22. The predicted octanol–water partition coefficient (Wildman–Crippen LogP) is 2.98. The van der Waals surface area contributed by atoms with E-state index in [0.29, 0.717) is 12.4 Å². The van der Waals surface area contributed by atoms with Crippen molar-refractivity contribution in [2.45, 2.75) is 43.3 Å². The number of sulfonamides is 1. The fraction of sp³-hybridized carbons (Fsp3) is 0.538. The molecule has 118 valence electrons. The summed E-state index contributed by atoms with van der Waals surface area (Å²) in [5.74, 6) is 0.308. The first-order chi connectivity index (χ1) is 9.60. The van der Waals surface area contributed by atoms with Crippen LogP contribution in [0.3, 0.4) is 0 Å². The predicted molar refractivity (Wildman–Crippen MR) is 81.5 cm³/mol. The molecule has 1 aliphatic heterocycles. The summed E-state index contributed by atoms with van der Waals surface area (Å²) < 4.78 is 34.0. The zero-order valence-corrected chi connectivity index (χ0v) is 14.1. The van der Waals surface area contributed by atoms with Gasteiger partial charge >= 0.3 is 0 Å². The lowest BCUT2D eigenvalue weighted by molar-refractivity contribution is -0.0326. The molecule has 0 radical (unpaired) electrons. The van der Waals surface area contributed by atoms with E-state index in [4.69, 9.17) is 37.8 Å².